The van der Waals surface area contributed by atoms with Gasteiger partial charge in [0.15, 0.2) is 0 Å². The lowest BCUT2D eigenvalue weighted by molar-refractivity contribution is -0.200. The van der Waals surface area contributed by atoms with Crippen molar-refractivity contribution >= 4 is 17.6 Å². The number of dihydropyridines is 1. The second-order valence-corrected chi connectivity index (χ2v) is 5.26. The molecule has 0 saturated carbocycles. The minimum atomic E-state index is -5.19. The van der Waals surface area contributed by atoms with Crippen LogP contribution in [0.5, 0.6) is 0 Å². The molecule has 0 saturated heterocycles. The van der Waals surface area contributed by atoms with E-state index < -0.39 is 18.1 Å². The minimum Gasteiger partial charge on any atom is -0.383 e. The number of ether oxygens (including phenoxy) is 1. The summed E-state index contributed by atoms with van der Waals surface area (Å²) in [5, 5.41) is 3.04. The van der Waals surface area contributed by atoms with Crippen molar-refractivity contribution in [3.8, 4) is 0 Å². The van der Waals surface area contributed by atoms with E-state index in [1.807, 2.05) is 24.3 Å². The molecule has 1 aliphatic carbocycles. The van der Waals surface area contributed by atoms with Gasteiger partial charge in [-0.25, -0.2) is 9.59 Å². The fourth-order valence-corrected chi connectivity index (χ4v) is 2.69. The number of allylic oxidation sites excluding steroid dienone is 2. The lowest BCUT2D eigenvalue weighted by Crippen LogP contribution is -2.32. The topological polar surface area (TPSA) is 55.4 Å². The zero-order valence-electron chi connectivity index (χ0n) is 11.9. The van der Waals surface area contributed by atoms with Crippen molar-refractivity contribution in [3.63, 3.8) is 0 Å². The van der Waals surface area contributed by atoms with Gasteiger partial charge in [-0.15, -0.1) is 0 Å². The van der Waals surface area contributed by atoms with Crippen LogP contribution in [0.2, 0.25) is 0 Å². The van der Waals surface area contributed by atoms with Gasteiger partial charge in [0.1, 0.15) is 0 Å². The Hall–Kier alpha value is -2.57. The summed E-state index contributed by atoms with van der Waals surface area (Å²) in [6, 6.07) is 7.79. The summed E-state index contributed by atoms with van der Waals surface area (Å²) < 4.78 is 40.3. The van der Waals surface area contributed by atoms with Gasteiger partial charge in [0.05, 0.1) is 5.57 Å². The average molecular weight is 323 g/mol. The molecule has 2 aliphatic rings. The van der Waals surface area contributed by atoms with Crippen molar-refractivity contribution in [1.82, 2.24) is 5.32 Å². The van der Waals surface area contributed by atoms with Crippen LogP contribution in [0.1, 0.15) is 17.5 Å². The van der Waals surface area contributed by atoms with Gasteiger partial charge in [0.25, 0.3) is 0 Å². The number of alkyl halides is 3. The monoisotopic (exact) mass is 323 g/mol. The standard InChI is InChI=1S/C16H12F3NO3/c17-16(18,19)15(22)23-14(21)11-7-10-6-5-9-3-1-2-4-12(9)13(10)20-8-11/h1-4,7,20H,5-6,8H2. The Morgan fingerprint density at radius 1 is 1.13 bits per heavy atom. The Labute approximate surface area is 129 Å². The van der Waals surface area contributed by atoms with Crippen LogP contribution >= 0.6 is 0 Å². The number of nitrogens with one attached hydrogen (secondary N) is 1. The Morgan fingerprint density at radius 2 is 1.87 bits per heavy atom. The Balaban J connectivity index is 1.83. The Kier molecular flexibility index (Phi) is 3.71. The van der Waals surface area contributed by atoms with Gasteiger partial charge in [-0.3, -0.25) is 0 Å². The van der Waals surface area contributed by atoms with E-state index in [0.717, 1.165) is 23.3 Å². The van der Waals surface area contributed by atoms with Crippen LogP contribution in [0.15, 0.2) is 41.5 Å². The van der Waals surface area contributed by atoms with Crippen LogP contribution in [0.4, 0.5) is 13.2 Å². The summed E-state index contributed by atoms with van der Waals surface area (Å²) >= 11 is 0. The van der Waals surface area contributed by atoms with Crippen molar-refractivity contribution in [3.05, 3.63) is 52.6 Å². The molecule has 7 heteroatoms. The van der Waals surface area contributed by atoms with E-state index in [1.165, 1.54) is 11.6 Å². The van der Waals surface area contributed by atoms with E-state index in [4.69, 9.17) is 0 Å². The second kappa shape index (κ2) is 5.57. The lowest BCUT2D eigenvalue weighted by Gasteiger charge is -2.27. The molecule has 23 heavy (non-hydrogen) atoms. The van der Waals surface area contributed by atoms with E-state index in [1.54, 1.807) is 0 Å². The van der Waals surface area contributed by atoms with Crippen molar-refractivity contribution in [2.45, 2.75) is 19.0 Å². The molecule has 1 aromatic rings. The van der Waals surface area contributed by atoms with E-state index in [2.05, 4.69) is 10.1 Å². The third-order valence-corrected chi connectivity index (χ3v) is 3.75. The van der Waals surface area contributed by atoms with Gasteiger partial charge in [-0.2, -0.15) is 13.2 Å². The first kappa shape index (κ1) is 15.3. The number of hydrogen-bond acceptors (Lipinski definition) is 4. The van der Waals surface area contributed by atoms with Crippen molar-refractivity contribution in [1.29, 1.82) is 0 Å². The molecule has 1 aliphatic heterocycles. The predicted molar refractivity (Wildman–Crippen MR) is 74.9 cm³/mol. The van der Waals surface area contributed by atoms with Crippen LogP contribution in [0.3, 0.4) is 0 Å². The molecule has 1 aromatic carbocycles. The zero-order chi connectivity index (χ0) is 16.6. The minimum absolute atomic E-state index is 0.000677. The number of halogens is 3. The summed E-state index contributed by atoms with van der Waals surface area (Å²) in [6.07, 6.45) is -2.25. The van der Waals surface area contributed by atoms with Crippen LogP contribution in [0, 0.1) is 0 Å². The highest BCUT2D eigenvalue weighted by molar-refractivity contribution is 5.99. The molecule has 1 N–H and O–H groups in total. The van der Waals surface area contributed by atoms with Crippen LogP contribution in [-0.2, 0) is 20.7 Å². The van der Waals surface area contributed by atoms with Crippen molar-refractivity contribution in [2.24, 2.45) is 0 Å². The fourth-order valence-electron chi connectivity index (χ4n) is 2.69. The van der Waals surface area contributed by atoms with E-state index in [0.29, 0.717) is 6.42 Å². The summed E-state index contributed by atoms with van der Waals surface area (Å²) in [7, 11) is 0. The number of fused-ring (bicyclic) bond motifs is 2. The molecule has 0 unspecified atom stereocenters. The van der Waals surface area contributed by atoms with Gasteiger partial charge in [-0.1, -0.05) is 24.3 Å². The molecule has 120 valence electrons. The van der Waals surface area contributed by atoms with E-state index in [-0.39, 0.29) is 12.1 Å². The van der Waals surface area contributed by atoms with Gasteiger partial charge in [0, 0.05) is 17.8 Å². The van der Waals surface area contributed by atoms with Crippen molar-refractivity contribution in [2.75, 3.05) is 6.54 Å². The Bertz CT molecular complexity index is 747. The van der Waals surface area contributed by atoms with Gasteiger partial charge < -0.3 is 10.1 Å². The first-order chi connectivity index (χ1) is 10.9. The molecule has 0 radical (unpaired) electrons. The van der Waals surface area contributed by atoms with E-state index in [9.17, 15) is 22.8 Å². The summed E-state index contributed by atoms with van der Waals surface area (Å²) in [5.74, 6) is -3.78. The molecule has 0 bridgehead atoms. The maximum atomic E-state index is 12.1. The smallest absolute Gasteiger partial charge is 0.383 e. The number of benzene rings is 1. The highest BCUT2D eigenvalue weighted by atomic mass is 19.4. The maximum absolute atomic E-state index is 12.1. The van der Waals surface area contributed by atoms with Crippen molar-refractivity contribution < 1.29 is 27.5 Å². The molecule has 3 rings (SSSR count). The van der Waals surface area contributed by atoms with Gasteiger partial charge >= 0.3 is 18.1 Å². The SMILES string of the molecule is O=C(OC(=O)C(F)(F)F)C1=CC2=C(NC1)c1ccccc1CC2. The van der Waals surface area contributed by atoms with Crippen LogP contribution < -0.4 is 5.32 Å². The Morgan fingerprint density at radius 3 is 2.61 bits per heavy atom. The molecule has 0 amide bonds. The fraction of sp³-hybridized carbons (Fsp3) is 0.250. The highest BCUT2D eigenvalue weighted by Gasteiger charge is 2.43. The molecule has 0 fully saturated rings. The first-order valence-electron chi connectivity index (χ1n) is 6.95. The third kappa shape index (κ3) is 2.99. The number of hydrogen-bond donors (Lipinski definition) is 1. The van der Waals surface area contributed by atoms with Crippen LogP contribution in [0.25, 0.3) is 5.70 Å². The van der Waals surface area contributed by atoms with Crippen LogP contribution in [-0.4, -0.2) is 24.7 Å². The number of aryl methyl sites for hydroxylation is 1. The molecule has 1 heterocycles. The normalized spacial score (nSPS) is 16.7. The largest absolute Gasteiger partial charge is 0.491 e. The molecule has 0 spiro atoms. The molecule has 0 aromatic heterocycles. The second-order valence-electron chi connectivity index (χ2n) is 5.26. The number of carbonyl (C=O) groups excluding carboxylic acids is 2. The van der Waals surface area contributed by atoms with Gasteiger partial charge in [0.2, 0.25) is 0 Å². The summed E-state index contributed by atoms with van der Waals surface area (Å²) in [4.78, 5) is 22.4. The molecular formula is C16H12F3NO3. The maximum Gasteiger partial charge on any atom is 0.491 e. The molecular weight excluding hydrogens is 311 g/mol. The summed E-state index contributed by atoms with van der Waals surface area (Å²) in [6.45, 7) is 0.0110. The predicted octanol–water partition coefficient (Wildman–Crippen LogP) is 2.51. The molecule has 0 atom stereocenters. The number of carbonyl (C=O) groups is 2. The average Bonchev–Trinajstić information content (AvgIpc) is 2.53. The highest BCUT2D eigenvalue weighted by Crippen LogP contribution is 2.33. The lowest BCUT2D eigenvalue weighted by atomic mass is 9.87. The number of esters is 2. The summed E-state index contributed by atoms with van der Waals surface area (Å²) in [5.41, 5.74) is 3.88. The zero-order valence-corrected chi connectivity index (χ0v) is 11.9. The first-order valence-corrected chi connectivity index (χ1v) is 6.95. The number of rotatable bonds is 1. The third-order valence-electron chi connectivity index (χ3n) is 3.75. The van der Waals surface area contributed by atoms with Gasteiger partial charge in [-0.05, 0) is 30.1 Å². The quantitative estimate of drug-likeness (QED) is 0.637. The van der Waals surface area contributed by atoms with E-state index >= 15 is 0 Å². The molecule has 4 nitrogen and oxygen atoms in total.